The van der Waals surface area contributed by atoms with Gasteiger partial charge in [-0.15, -0.1) is 0 Å². The first-order valence-corrected chi connectivity index (χ1v) is 7.95. The smallest absolute Gasteiger partial charge is 0.301 e. The van der Waals surface area contributed by atoms with Crippen molar-refractivity contribution in [3.05, 3.63) is 74.3 Å². The molecule has 1 saturated heterocycles. The summed E-state index contributed by atoms with van der Waals surface area (Å²) in [6.45, 7) is 0.605. The average Bonchev–Trinajstić information content (AvgIpc) is 3.11. The molecule has 0 radical (unpaired) electrons. The van der Waals surface area contributed by atoms with Crippen LogP contribution in [0.3, 0.4) is 0 Å². The van der Waals surface area contributed by atoms with Crippen LogP contribution in [0.1, 0.15) is 18.1 Å². The lowest BCUT2D eigenvalue weighted by molar-refractivity contribution is -0.393. The third-order valence-electron chi connectivity index (χ3n) is 4.11. The Balaban J connectivity index is 1.74. The van der Waals surface area contributed by atoms with Gasteiger partial charge in [0.25, 0.3) is 5.69 Å². The highest BCUT2D eigenvalue weighted by atomic mass is 16.6. The minimum Gasteiger partial charge on any atom is -0.373 e. The highest BCUT2D eigenvalue weighted by Gasteiger charge is 2.28. The van der Waals surface area contributed by atoms with Crippen LogP contribution >= 0.6 is 0 Å². The third kappa shape index (κ3) is 3.83. The zero-order chi connectivity index (χ0) is 18.5. The molecule has 9 nitrogen and oxygen atoms in total. The standard InChI is InChI=1S/C17H16N4O5/c22-20(23)14-6-7-15(16(10-14)21(24)25)19-18-11-13-8-9-26-17(13)12-4-2-1-3-5-12/h1-7,10-11,13,17,19H,8-9H2. The van der Waals surface area contributed by atoms with Gasteiger partial charge in [0.2, 0.25) is 0 Å². The normalized spacial score (nSPS) is 19.5. The Hall–Kier alpha value is -3.33. The van der Waals surface area contributed by atoms with Gasteiger partial charge in [-0.1, -0.05) is 30.3 Å². The van der Waals surface area contributed by atoms with Crippen LogP contribution in [0.5, 0.6) is 0 Å². The number of hydrazone groups is 1. The van der Waals surface area contributed by atoms with E-state index in [-0.39, 0.29) is 23.4 Å². The monoisotopic (exact) mass is 356 g/mol. The van der Waals surface area contributed by atoms with Gasteiger partial charge in [0, 0.05) is 24.8 Å². The van der Waals surface area contributed by atoms with Crippen molar-refractivity contribution in [1.82, 2.24) is 0 Å². The van der Waals surface area contributed by atoms with Gasteiger partial charge in [0.1, 0.15) is 5.69 Å². The number of rotatable bonds is 6. The summed E-state index contributed by atoms with van der Waals surface area (Å²) in [6, 6.07) is 13.1. The van der Waals surface area contributed by atoms with Gasteiger partial charge in [-0.05, 0) is 18.1 Å². The maximum Gasteiger partial charge on any atom is 0.301 e. The summed E-state index contributed by atoms with van der Waals surface area (Å²) in [5, 5.41) is 26.0. The van der Waals surface area contributed by atoms with Crippen LogP contribution in [-0.4, -0.2) is 22.7 Å². The Bertz CT molecular complexity index is 840. The summed E-state index contributed by atoms with van der Waals surface area (Å²) in [5.41, 5.74) is 2.99. The number of ether oxygens (including phenoxy) is 1. The van der Waals surface area contributed by atoms with Gasteiger partial charge in [-0.25, -0.2) is 0 Å². The maximum atomic E-state index is 11.1. The van der Waals surface area contributed by atoms with Crippen molar-refractivity contribution in [2.75, 3.05) is 12.0 Å². The van der Waals surface area contributed by atoms with Crippen molar-refractivity contribution in [1.29, 1.82) is 0 Å². The molecule has 0 aliphatic carbocycles. The Kier molecular flexibility index (Phi) is 5.18. The minimum atomic E-state index is -0.684. The molecule has 2 unspecified atom stereocenters. The van der Waals surface area contributed by atoms with Crippen molar-refractivity contribution in [3.8, 4) is 0 Å². The van der Waals surface area contributed by atoms with E-state index in [1.54, 1.807) is 6.21 Å². The molecule has 9 heteroatoms. The molecule has 2 aromatic rings. The van der Waals surface area contributed by atoms with E-state index in [0.717, 1.165) is 18.1 Å². The highest BCUT2D eigenvalue weighted by Crippen LogP contribution is 2.33. The number of non-ortho nitro benzene ring substituents is 1. The number of anilines is 1. The fourth-order valence-electron chi connectivity index (χ4n) is 2.83. The van der Waals surface area contributed by atoms with Crippen LogP contribution in [0.4, 0.5) is 17.1 Å². The van der Waals surface area contributed by atoms with E-state index in [2.05, 4.69) is 10.5 Å². The van der Waals surface area contributed by atoms with E-state index >= 15 is 0 Å². The predicted molar refractivity (Wildman–Crippen MR) is 95.1 cm³/mol. The molecule has 0 bridgehead atoms. The molecule has 3 rings (SSSR count). The van der Waals surface area contributed by atoms with Crippen LogP contribution in [0.2, 0.25) is 0 Å². The largest absolute Gasteiger partial charge is 0.373 e. The van der Waals surface area contributed by atoms with Crippen molar-refractivity contribution in [2.45, 2.75) is 12.5 Å². The van der Waals surface area contributed by atoms with E-state index in [1.165, 1.54) is 12.1 Å². The lowest BCUT2D eigenvalue weighted by Gasteiger charge is -2.15. The van der Waals surface area contributed by atoms with Gasteiger partial charge >= 0.3 is 5.69 Å². The van der Waals surface area contributed by atoms with Crippen molar-refractivity contribution >= 4 is 23.3 Å². The third-order valence-corrected chi connectivity index (χ3v) is 4.11. The molecular weight excluding hydrogens is 340 g/mol. The number of nitrogens with one attached hydrogen (secondary N) is 1. The Labute approximate surface area is 148 Å². The van der Waals surface area contributed by atoms with Crippen LogP contribution in [-0.2, 0) is 4.74 Å². The molecule has 0 saturated carbocycles. The topological polar surface area (TPSA) is 120 Å². The lowest BCUT2D eigenvalue weighted by atomic mass is 9.97. The first kappa shape index (κ1) is 17.5. The van der Waals surface area contributed by atoms with Crippen molar-refractivity contribution in [2.24, 2.45) is 11.0 Å². The first-order chi connectivity index (χ1) is 12.6. The quantitative estimate of drug-likeness (QED) is 0.479. The molecule has 26 heavy (non-hydrogen) atoms. The van der Waals surface area contributed by atoms with E-state index in [1.807, 2.05) is 30.3 Å². The number of nitro benzene ring substituents is 2. The summed E-state index contributed by atoms with van der Waals surface area (Å²) in [5.74, 6) is 0.0296. The minimum absolute atomic E-state index is 0.0296. The first-order valence-electron chi connectivity index (χ1n) is 7.95. The molecular formula is C17H16N4O5. The second-order valence-corrected chi connectivity index (χ2v) is 5.76. The van der Waals surface area contributed by atoms with Crippen LogP contribution in [0, 0.1) is 26.1 Å². The second kappa shape index (κ2) is 7.70. The summed E-state index contributed by atoms with van der Waals surface area (Å²) < 4.78 is 5.76. The fourth-order valence-corrected chi connectivity index (χ4v) is 2.83. The zero-order valence-electron chi connectivity index (χ0n) is 13.6. The summed E-state index contributed by atoms with van der Waals surface area (Å²) in [6.07, 6.45) is 2.33. The zero-order valence-corrected chi connectivity index (χ0v) is 13.6. The predicted octanol–water partition coefficient (Wildman–Crippen LogP) is 3.68. The van der Waals surface area contributed by atoms with E-state index in [0.29, 0.717) is 6.61 Å². The molecule has 1 aliphatic heterocycles. The molecule has 134 valence electrons. The molecule has 0 aromatic heterocycles. The molecule has 0 spiro atoms. The molecule has 1 fully saturated rings. The van der Waals surface area contributed by atoms with E-state index in [9.17, 15) is 20.2 Å². The average molecular weight is 356 g/mol. The molecule has 1 heterocycles. The lowest BCUT2D eigenvalue weighted by Crippen LogP contribution is -2.10. The summed E-state index contributed by atoms with van der Waals surface area (Å²) >= 11 is 0. The Morgan fingerprint density at radius 2 is 1.88 bits per heavy atom. The number of hydrogen-bond acceptors (Lipinski definition) is 7. The van der Waals surface area contributed by atoms with Crippen LogP contribution in [0.15, 0.2) is 53.6 Å². The number of nitrogens with zero attached hydrogens (tertiary/aromatic N) is 3. The Morgan fingerprint density at radius 3 is 2.58 bits per heavy atom. The van der Waals surface area contributed by atoms with Crippen LogP contribution < -0.4 is 5.43 Å². The highest BCUT2D eigenvalue weighted by molar-refractivity contribution is 5.68. The number of nitro groups is 2. The molecule has 0 amide bonds. The molecule has 2 atom stereocenters. The SMILES string of the molecule is O=[N+]([O-])c1ccc(NN=CC2CCOC2c2ccccc2)c([N+](=O)[O-])c1. The number of hydrogen-bond donors (Lipinski definition) is 1. The van der Waals surface area contributed by atoms with Gasteiger partial charge in [0.05, 0.1) is 22.0 Å². The molecule has 2 aromatic carbocycles. The van der Waals surface area contributed by atoms with Gasteiger partial charge in [0.15, 0.2) is 0 Å². The van der Waals surface area contributed by atoms with Gasteiger partial charge in [-0.3, -0.25) is 25.7 Å². The van der Waals surface area contributed by atoms with E-state index < -0.39 is 15.5 Å². The van der Waals surface area contributed by atoms with Crippen molar-refractivity contribution in [3.63, 3.8) is 0 Å². The number of benzene rings is 2. The fraction of sp³-hybridized carbons (Fsp3) is 0.235. The van der Waals surface area contributed by atoms with Gasteiger partial charge in [-0.2, -0.15) is 5.10 Å². The van der Waals surface area contributed by atoms with Crippen molar-refractivity contribution < 1.29 is 14.6 Å². The molecule has 1 aliphatic rings. The van der Waals surface area contributed by atoms with E-state index in [4.69, 9.17) is 4.74 Å². The second-order valence-electron chi connectivity index (χ2n) is 5.76. The Morgan fingerprint density at radius 1 is 1.12 bits per heavy atom. The summed E-state index contributed by atoms with van der Waals surface area (Å²) in [7, 11) is 0. The maximum absolute atomic E-state index is 11.1. The van der Waals surface area contributed by atoms with Gasteiger partial charge < -0.3 is 4.74 Å². The van der Waals surface area contributed by atoms with Crippen LogP contribution in [0.25, 0.3) is 0 Å². The molecule has 1 N–H and O–H groups in total. The summed E-state index contributed by atoms with van der Waals surface area (Å²) in [4.78, 5) is 20.5.